The number of aromatic amines is 1. The number of fused-ring (bicyclic) bond motifs is 3. The lowest BCUT2D eigenvalue weighted by Crippen LogP contribution is -2.06. The number of aromatic nitrogens is 1. The van der Waals surface area contributed by atoms with Gasteiger partial charge in [0.15, 0.2) is 0 Å². The lowest BCUT2D eigenvalue weighted by molar-refractivity contribution is 0.0594. The van der Waals surface area contributed by atoms with Crippen LogP contribution in [0.3, 0.4) is 0 Å². The fraction of sp³-hybridized carbons (Fsp3) is 0.200. The van der Waals surface area contributed by atoms with E-state index in [0.717, 1.165) is 5.39 Å². The van der Waals surface area contributed by atoms with Crippen LogP contribution in [0.25, 0.3) is 21.9 Å². The third-order valence-electron chi connectivity index (χ3n) is 3.41. The molecule has 5 nitrogen and oxygen atoms in total. The molecule has 2 heterocycles. The molecular weight excluding hydrogens is 258 g/mol. The third-order valence-corrected chi connectivity index (χ3v) is 3.41. The summed E-state index contributed by atoms with van der Waals surface area (Å²) in [6.45, 7) is 1.88. The molecule has 20 heavy (non-hydrogen) atoms. The molecule has 0 unspecified atom stereocenters. The number of nitrogens with one attached hydrogen (secondary N) is 1. The van der Waals surface area contributed by atoms with Crippen molar-refractivity contribution in [1.29, 1.82) is 0 Å². The number of esters is 1. The maximum absolute atomic E-state index is 12.2. The van der Waals surface area contributed by atoms with Crippen LogP contribution in [-0.4, -0.2) is 18.1 Å². The van der Waals surface area contributed by atoms with Gasteiger partial charge in [0.05, 0.1) is 18.0 Å². The molecule has 1 N–H and O–H groups in total. The minimum atomic E-state index is -0.485. The molecule has 0 saturated heterocycles. The molecule has 2 aromatic heterocycles. The van der Waals surface area contributed by atoms with Gasteiger partial charge in [0.2, 0.25) is 0 Å². The number of aryl methyl sites for hydroxylation is 1. The van der Waals surface area contributed by atoms with Crippen LogP contribution in [0.2, 0.25) is 0 Å². The molecule has 0 aliphatic carbocycles. The lowest BCUT2D eigenvalue weighted by atomic mass is 10.1. The minimum absolute atomic E-state index is 0.314. The van der Waals surface area contributed by atoms with E-state index in [4.69, 9.17) is 9.15 Å². The average molecular weight is 271 g/mol. The highest BCUT2D eigenvalue weighted by molar-refractivity contribution is 6.07. The van der Waals surface area contributed by atoms with Gasteiger partial charge in [-0.15, -0.1) is 0 Å². The molecule has 0 aliphatic heterocycles. The summed E-state index contributed by atoms with van der Waals surface area (Å²) >= 11 is 0. The van der Waals surface area contributed by atoms with Crippen molar-refractivity contribution in [2.24, 2.45) is 0 Å². The normalized spacial score (nSPS) is 11.1. The molecule has 0 radical (unpaired) electrons. The van der Waals surface area contributed by atoms with E-state index in [1.54, 1.807) is 12.1 Å². The van der Waals surface area contributed by atoms with Gasteiger partial charge in [-0.05, 0) is 24.1 Å². The Hall–Kier alpha value is -2.56. The van der Waals surface area contributed by atoms with Crippen molar-refractivity contribution in [3.05, 3.63) is 45.9 Å². The first kappa shape index (κ1) is 12.5. The Morgan fingerprint density at radius 3 is 2.80 bits per heavy atom. The minimum Gasteiger partial charge on any atom is -0.464 e. The lowest BCUT2D eigenvalue weighted by Gasteiger charge is -1.99. The van der Waals surface area contributed by atoms with Crippen LogP contribution < -0.4 is 5.63 Å². The maximum Gasteiger partial charge on any atom is 0.354 e. The molecule has 0 amide bonds. The summed E-state index contributed by atoms with van der Waals surface area (Å²) in [5.74, 6) is -0.485. The predicted octanol–water partition coefficient (Wildman–Crippen LogP) is 2.62. The van der Waals surface area contributed by atoms with Crippen molar-refractivity contribution in [1.82, 2.24) is 4.98 Å². The van der Waals surface area contributed by atoms with Crippen molar-refractivity contribution in [3.63, 3.8) is 0 Å². The van der Waals surface area contributed by atoms with Crippen LogP contribution in [0.15, 0.2) is 33.5 Å². The standard InChI is InChI=1S/C15H13NO4/c1-3-8-11-12(16-13(8)15(18)19-2)9-6-4-5-7-10(9)20-14(11)17/h4-7,16H,3H2,1-2H3. The van der Waals surface area contributed by atoms with E-state index < -0.39 is 11.6 Å². The number of hydrogen-bond donors (Lipinski definition) is 1. The summed E-state index contributed by atoms with van der Waals surface area (Å²) in [5, 5.41) is 1.19. The van der Waals surface area contributed by atoms with E-state index in [9.17, 15) is 9.59 Å². The highest BCUT2D eigenvalue weighted by Crippen LogP contribution is 2.27. The molecule has 0 atom stereocenters. The molecule has 0 aliphatic rings. The second-order valence-electron chi connectivity index (χ2n) is 4.46. The molecule has 0 saturated carbocycles. The van der Waals surface area contributed by atoms with Crippen LogP contribution in [0.1, 0.15) is 23.0 Å². The molecule has 0 spiro atoms. The Kier molecular flexibility index (Phi) is 2.82. The zero-order chi connectivity index (χ0) is 14.3. The number of benzene rings is 1. The summed E-state index contributed by atoms with van der Waals surface area (Å²) < 4.78 is 10.1. The van der Waals surface area contributed by atoms with Crippen LogP contribution >= 0.6 is 0 Å². The summed E-state index contributed by atoms with van der Waals surface area (Å²) in [6.07, 6.45) is 0.535. The molecular formula is C15H13NO4. The second-order valence-corrected chi connectivity index (χ2v) is 4.46. The fourth-order valence-electron chi connectivity index (χ4n) is 2.51. The maximum atomic E-state index is 12.2. The van der Waals surface area contributed by atoms with Crippen LogP contribution in [0, 0.1) is 0 Å². The van der Waals surface area contributed by atoms with Crippen molar-refractivity contribution in [2.45, 2.75) is 13.3 Å². The van der Waals surface area contributed by atoms with Crippen LogP contribution in [0.4, 0.5) is 0 Å². The monoisotopic (exact) mass is 271 g/mol. The van der Waals surface area contributed by atoms with Crippen molar-refractivity contribution in [3.8, 4) is 0 Å². The van der Waals surface area contributed by atoms with Gasteiger partial charge in [-0.25, -0.2) is 9.59 Å². The van der Waals surface area contributed by atoms with E-state index >= 15 is 0 Å². The smallest absolute Gasteiger partial charge is 0.354 e. The van der Waals surface area contributed by atoms with Gasteiger partial charge >= 0.3 is 11.6 Å². The first-order valence-corrected chi connectivity index (χ1v) is 6.32. The van der Waals surface area contributed by atoms with Crippen molar-refractivity contribution < 1.29 is 13.9 Å². The molecule has 3 rings (SSSR count). The quantitative estimate of drug-likeness (QED) is 0.574. The van der Waals surface area contributed by atoms with E-state index in [2.05, 4.69) is 4.98 Å². The van der Waals surface area contributed by atoms with Crippen LogP contribution in [-0.2, 0) is 11.2 Å². The highest BCUT2D eigenvalue weighted by atomic mass is 16.5. The Morgan fingerprint density at radius 1 is 1.35 bits per heavy atom. The van der Waals surface area contributed by atoms with Gasteiger partial charge in [0, 0.05) is 5.39 Å². The number of carbonyl (C=O) groups is 1. The predicted molar refractivity (Wildman–Crippen MR) is 75.1 cm³/mol. The summed E-state index contributed by atoms with van der Waals surface area (Å²) in [5.41, 5.74) is 1.61. The topological polar surface area (TPSA) is 72.3 Å². The van der Waals surface area contributed by atoms with Crippen molar-refractivity contribution in [2.75, 3.05) is 7.11 Å². The molecule has 0 fully saturated rings. The molecule has 1 aromatic carbocycles. The Balaban J connectivity index is 2.52. The number of para-hydroxylation sites is 1. The number of H-pyrrole nitrogens is 1. The second kappa shape index (κ2) is 4.52. The SMILES string of the molecule is CCc1c(C(=O)OC)[nH]c2c1c(=O)oc1ccccc12. The highest BCUT2D eigenvalue weighted by Gasteiger charge is 2.21. The first-order chi connectivity index (χ1) is 9.67. The third kappa shape index (κ3) is 1.63. The van der Waals surface area contributed by atoms with E-state index in [1.165, 1.54) is 7.11 Å². The first-order valence-electron chi connectivity index (χ1n) is 6.32. The Morgan fingerprint density at radius 2 is 2.10 bits per heavy atom. The summed E-state index contributed by atoms with van der Waals surface area (Å²) in [7, 11) is 1.31. The number of methoxy groups -OCH3 is 1. The number of ether oxygens (including phenoxy) is 1. The molecule has 0 bridgehead atoms. The largest absolute Gasteiger partial charge is 0.464 e. The van der Waals surface area contributed by atoms with Gasteiger partial charge in [0.25, 0.3) is 0 Å². The molecule has 3 aromatic rings. The van der Waals surface area contributed by atoms with Gasteiger partial charge in [-0.1, -0.05) is 19.1 Å². The van der Waals surface area contributed by atoms with Gasteiger partial charge in [-0.3, -0.25) is 0 Å². The number of rotatable bonds is 2. The Labute approximate surface area is 114 Å². The van der Waals surface area contributed by atoms with E-state index in [0.29, 0.717) is 34.2 Å². The van der Waals surface area contributed by atoms with Gasteiger partial charge in [0.1, 0.15) is 11.3 Å². The van der Waals surface area contributed by atoms with E-state index in [1.807, 2.05) is 19.1 Å². The molecule has 102 valence electrons. The zero-order valence-corrected chi connectivity index (χ0v) is 11.1. The summed E-state index contributed by atoms with van der Waals surface area (Å²) in [4.78, 5) is 27.0. The fourth-order valence-corrected chi connectivity index (χ4v) is 2.51. The van der Waals surface area contributed by atoms with Gasteiger partial charge in [-0.2, -0.15) is 0 Å². The Bertz CT molecular complexity index is 873. The van der Waals surface area contributed by atoms with E-state index in [-0.39, 0.29) is 0 Å². The van der Waals surface area contributed by atoms with Gasteiger partial charge < -0.3 is 14.1 Å². The zero-order valence-electron chi connectivity index (χ0n) is 11.1. The average Bonchev–Trinajstić information content (AvgIpc) is 2.87. The molecule has 5 heteroatoms. The number of hydrogen-bond acceptors (Lipinski definition) is 4. The summed E-state index contributed by atoms with van der Waals surface area (Å²) in [6, 6.07) is 7.21. The van der Waals surface area contributed by atoms with Crippen LogP contribution in [0.5, 0.6) is 0 Å². The number of carbonyl (C=O) groups excluding carboxylic acids is 1. The van der Waals surface area contributed by atoms with Crippen molar-refractivity contribution >= 4 is 27.8 Å².